The Hall–Kier alpha value is -3.40. The molecule has 0 aliphatic rings. The molecule has 0 radical (unpaired) electrons. The van der Waals surface area contributed by atoms with Crippen LogP contribution in [0.25, 0.3) is 22.3 Å². The first-order chi connectivity index (χ1) is 12.2. The summed E-state index contributed by atoms with van der Waals surface area (Å²) in [6.45, 7) is 2.05. The highest BCUT2D eigenvalue weighted by Gasteiger charge is 2.12. The molecule has 0 saturated heterocycles. The number of aromatic hydroxyl groups is 1. The van der Waals surface area contributed by atoms with Crippen LogP contribution in [0.1, 0.15) is 5.56 Å². The summed E-state index contributed by atoms with van der Waals surface area (Å²) >= 11 is 0. The molecule has 0 spiro atoms. The van der Waals surface area contributed by atoms with Crippen LogP contribution in [0.3, 0.4) is 0 Å². The summed E-state index contributed by atoms with van der Waals surface area (Å²) in [5.41, 5.74) is 3.57. The molecule has 0 fully saturated rings. The Kier molecular flexibility index (Phi) is 3.78. The van der Waals surface area contributed by atoms with Gasteiger partial charge in [0, 0.05) is 11.1 Å². The van der Waals surface area contributed by atoms with Gasteiger partial charge in [-0.15, -0.1) is 0 Å². The molecule has 0 aliphatic heterocycles. The molecule has 0 saturated carbocycles. The van der Waals surface area contributed by atoms with E-state index in [4.69, 9.17) is 0 Å². The average molecular weight is 327 g/mol. The summed E-state index contributed by atoms with van der Waals surface area (Å²) in [6.07, 6.45) is 0. The highest BCUT2D eigenvalue weighted by atomic mass is 16.3. The van der Waals surface area contributed by atoms with E-state index in [0.29, 0.717) is 11.4 Å². The summed E-state index contributed by atoms with van der Waals surface area (Å²) in [5, 5.41) is 14.5. The third-order valence-corrected chi connectivity index (χ3v) is 4.15. The topological polar surface area (TPSA) is 58.0 Å². The molecule has 3 aromatic carbocycles. The van der Waals surface area contributed by atoms with Gasteiger partial charge in [-0.1, -0.05) is 42.5 Å². The van der Waals surface area contributed by atoms with Gasteiger partial charge in [0.2, 0.25) is 0 Å². The van der Waals surface area contributed by atoms with E-state index in [0.717, 1.165) is 28.0 Å². The van der Waals surface area contributed by atoms with Gasteiger partial charge in [0.1, 0.15) is 11.6 Å². The van der Waals surface area contributed by atoms with Crippen molar-refractivity contribution < 1.29 is 5.11 Å². The maximum absolute atomic E-state index is 10.2. The first-order valence-electron chi connectivity index (χ1n) is 8.10. The van der Waals surface area contributed by atoms with Crippen LogP contribution >= 0.6 is 0 Å². The van der Waals surface area contributed by atoms with E-state index in [9.17, 15) is 5.11 Å². The highest BCUT2D eigenvalue weighted by Crippen LogP contribution is 2.31. The van der Waals surface area contributed by atoms with Gasteiger partial charge in [-0.2, -0.15) is 0 Å². The summed E-state index contributed by atoms with van der Waals surface area (Å²) in [4.78, 5) is 9.31. The van der Waals surface area contributed by atoms with E-state index < -0.39 is 0 Å². The molecule has 1 aromatic heterocycles. The largest absolute Gasteiger partial charge is 0.507 e. The van der Waals surface area contributed by atoms with Crippen molar-refractivity contribution in [2.24, 2.45) is 0 Å². The third-order valence-electron chi connectivity index (χ3n) is 4.15. The van der Waals surface area contributed by atoms with E-state index in [2.05, 4.69) is 28.3 Å². The maximum Gasteiger partial charge on any atom is 0.165 e. The van der Waals surface area contributed by atoms with Gasteiger partial charge in [-0.25, -0.2) is 9.97 Å². The second-order valence-corrected chi connectivity index (χ2v) is 5.87. The number of para-hydroxylation sites is 3. The van der Waals surface area contributed by atoms with Crippen molar-refractivity contribution in [3.63, 3.8) is 0 Å². The highest BCUT2D eigenvalue weighted by molar-refractivity contribution is 5.92. The lowest BCUT2D eigenvalue weighted by Crippen LogP contribution is -2.00. The number of aromatic nitrogens is 2. The van der Waals surface area contributed by atoms with Crippen LogP contribution in [0.15, 0.2) is 72.8 Å². The zero-order valence-electron chi connectivity index (χ0n) is 13.8. The Morgan fingerprint density at radius 1 is 0.800 bits per heavy atom. The number of nitrogens with zero attached hydrogens (tertiary/aromatic N) is 2. The molecule has 25 heavy (non-hydrogen) atoms. The number of nitrogens with one attached hydrogen (secondary N) is 1. The average Bonchev–Trinajstić information content (AvgIpc) is 2.64. The van der Waals surface area contributed by atoms with Crippen molar-refractivity contribution >= 4 is 22.4 Å². The van der Waals surface area contributed by atoms with Gasteiger partial charge >= 0.3 is 0 Å². The summed E-state index contributed by atoms with van der Waals surface area (Å²) in [5.74, 6) is 1.38. The van der Waals surface area contributed by atoms with Crippen LogP contribution < -0.4 is 5.32 Å². The van der Waals surface area contributed by atoms with Gasteiger partial charge in [0.15, 0.2) is 5.82 Å². The molecule has 0 atom stereocenters. The van der Waals surface area contributed by atoms with Crippen LogP contribution in [0.4, 0.5) is 11.5 Å². The fraction of sp³-hybridized carbons (Fsp3) is 0.0476. The molecule has 4 rings (SSSR count). The molecule has 4 heteroatoms. The van der Waals surface area contributed by atoms with Crippen LogP contribution in [0.5, 0.6) is 5.75 Å². The monoisotopic (exact) mass is 327 g/mol. The smallest absolute Gasteiger partial charge is 0.165 e. The zero-order valence-corrected chi connectivity index (χ0v) is 13.8. The normalized spacial score (nSPS) is 10.8. The minimum atomic E-state index is 0.166. The lowest BCUT2D eigenvalue weighted by Gasteiger charge is -2.13. The summed E-state index contributed by atoms with van der Waals surface area (Å²) < 4.78 is 0. The lowest BCUT2D eigenvalue weighted by atomic mass is 10.1. The minimum absolute atomic E-state index is 0.166. The molecule has 2 N–H and O–H groups in total. The van der Waals surface area contributed by atoms with Crippen molar-refractivity contribution in [2.75, 3.05) is 5.32 Å². The van der Waals surface area contributed by atoms with Crippen molar-refractivity contribution in [3.05, 3.63) is 78.4 Å². The second kappa shape index (κ2) is 6.24. The van der Waals surface area contributed by atoms with Gasteiger partial charge in [-0.3, -0.25) is 0 Å². The van der Waals surface area contributed by atoms with Crippen LogP contribution in [-0.4, -0.2) is 15.1 Å². The number of phenols is 1. The van der Waals surface area contributed by atoms with Gasteiger partial charge < -0.3 is 10.4 Å². The second-order valence-electron chi connectivity index (χ2n) is 5.87. The predicted octanol–water partition coefficient (Wildman–Crippen LogP) is 5.05. The van der Waals surface area contributed by atoms with Gasteiger partial charge in [-0.05, 0) is 42.8 Å². The Balaban J connectivity index is 1.91. The lowest BCUT2D eigenvalue weighted by molar-refractivity contribution is 0.477. The third kappa shape index (κ3) is 2.90. The van der Waals surface area contributed by atoms with Gasteiger partial charge in [0.05, 0.1) is 11.1 Å². The molecule has 0 aliphatic carbocycles. The van der Waals surface area contributed by atoms with Crippen molar-refractivity contribution in [3.8, 4) is 17.1 Å². The Morgan fingerprint density at radius 2 is 1.52 bits per heavy atom. The number of fused-ring (bicyclic) bond motifs is 1. The molecular formula is C21H17N3O. The van der Waals surface area contributed by atoms with Crippen molar-refractivity contribution in [1.29, 1.82) is 0 Å². The first kappa shape index (κ1) is 15.1. The van der Waals surface area contributed by atoms with E-state index in [1.165, 1.54) is 0 Å². The molecular weight excluding hydrogens is 310 g/mol. The number of benzene rings is 3. The molecule has 4 nitrogen and oxygen atoms in total. The Bertz CT molecular complexity index is 1060. The zero-order chi connectivity index (χ0) is 17.2. The fourth-order valence-electron chi connectivity index (χ4n) is 2.80. The molecule has 1 heterocycles. The quantitative estimate of drug-likeness (QED) is 0.552. The van der Waals surface area contributed by atoms with E-state index in [-0.39, 0.29) is 5.75 Å². The van der Waals surface area contributed by atoms with Gasteiger partial charge in [0.25, 0.3) is 0 Å². The van der Waals surface area contributed by atoms with E-state index in [1.54, 1.807) is 12.1 Å². The number of hydrogen-bond donors (Lipinski definition) is 2. The molecule has 0 unspecified atom stereocenters. The number of rotatable bonds is 3. The predicted molar refractivity (Wildman–Crippen MR) is 101 cm³/mol. The van der Waals surface area contributed by atoms with Crippen molar-refractivity contribution in [1.82, 2.24) is 9.97 Å². The van der Waals surface area contributed by atoms with E-state index in [1.807, 2.05) is 54.6 Å². The van der Waals surface area contributed by atoms with Crippen LogP contribution in [0, 0.1) is 6.92 Å². The molecule has 122 valence electrons. The van der Waals surface area contributed by atoms with E-state index >= 15 is 0 Å². The first-order valence-corrected chi connectivity index (χ1v) is 8.10. The number of aryl methyl sites for hydroxylation is 1. The Morgan fingerprint density at radius 3 is 2.36 bits per heavy atom. The Labute approximate surface area is 145 Å². The number of anilines is 2. The standard InChI is InChI=1S/C21H17N3O/c1-14-8-2-5-11-17(14)22-20-15-9-3-6-12-18(15)23-21(24-20)16-10-4-7-13-19(16)25/h2-13,25H,1H3,(H,22,23,24). The SMILES string of the molecule is Cc1ccccc1Nc1nc(-c2ccccc2O)nc2ccccc12. The fourth-order valence-corrected chi connectivity index (χ4v) is 2.80. The van der Waals surface area contributed by atoms with Crippen molar-refractivity contribution in [2.45, 2.75) is 6.92 Å². The number of hydrogen-bond acceptors (Lipinski definition) is 4. The van der Waals surface area contributed by atoms with Crippen LogP contribution in [-0.2, 0) is 0 Å². The molecule has 0 bridgehead atoms. The molecule has 4 aromatic rings. The summed E-state index contributed by atoms with van der Waals surface area (Å²) in [6, 6.07) is 23.0. The minimum Gasteiger partial charge on any atom is -0.507 e. The summed E-state index contributed by atoms with van der Waals surface area (Å²) in [7, 11) is 0. The van der Waals surface area contributed by atoms with Crippen LogP contribution in [0.2, 0.25) is 0 Å². The molecule has 0 amide bonds. The number of phenolic OH excluding ortho intramolecular Hbond substituents is 1. The maximum atomic E-state index is 10.2.